The van der Waals surface area contributed by atoms with Crippen molar-refractivity contribution >= 4 is 5.91 Å². The molecule has 1 fully saturated rings. The van der Waals surface area contributed by atoms with Gasteiger partial charge in [-0.25, -0.2) is 8.78 Å². The molecule has 0 aromatic heterocycles. The Morgan fingerprint density at radius 2 is 2.19 bits per heavy atom. The quantitative estimate of drug-likeness (QED) is 0.847. The van der Waals surface area contributed by atoms with Gasteiger partial charge in [-0.15, -0.1) is 0 Å². The number of piperidine rings is 1. The zero-order chi connectivity index (χ0) is 15.2. The molecule has 1 aliphatic rings. The molecule has 0 aliphatic carbocycles. The first-order chi connectivity index (χ1) is 10.1. The molecule has 3 nitrogen and oxygen atoms in total. The van der Waals surface area contributed by atoms with E-state index in [1.807, 2.05) is 0 Å². The van der Waals surface area contributed by atoms with Crippen molar-refractivity contribution in [1.82, 2.24) is 10.2 Å². The number of hydrogen-bond donors (Lipinski definition) is 1. The van der Waals surface area contributed by atoms with E-state index in [0.717, 1.165) is 37.7 Å². The number of hydrogen-bond acceptors (Lipinski definition) is 2. The van der Waals surface area contributed by atoms with Crippen LogP contribution < -0.4 is 5.32 Å². The van der Waals surface area contributed by atoms with E-state index in [0.29, 0.717) is 12.6 Å². The van der Waals surface area contributed by atoms with Gasteiger partial charge in [0.05, 0.1) is 5.56 Å². The van der Waals surface area contributed by atoms with Crippen molar-refractivity contribution in [2.24, 2.45) is 0 Å². The zero-order valence-electron chi connectivity index (χ0n) is 12.4. The second-order valence-corrected chi connectivity index (χ2v) is 5.61. The number of carbonyl (C=O) groups is 1. The van der Waals surface area contributed by atoms with Crippen molar-refractivity contribution in [3.05, 3.63) is 35.4 Å². The van der Waals surface area contributed by atoms with Gasteiger partial charge in [0, 0.05) is 19.1 Å². The molecule has 1 atom stereocenters. The summed E-state index contributed by atoms with van der Waals surface area (Å²) in [7, 11) is 0. The fourth-order valence-electron chi connectivity index (χ4n) is 2.74. The smallest absolute Gasteiger partial charge is 0.254 e. The van der Waals surface area contributed by atoms with E-state index in [1.165, 1.54) is 19.3 Å². The molecule has 0 saturated carbocycles. The highest BCUT2D eigenvalue weighted by Gasteiger charge is 2.17. The lowest BCUT2D eigenvalue weighted by Gasteiger charge is -2.33. The van der Waals surface area contributed by atoms with Crippen LogP contribution in [0.4, 0.5) is 8.78 Å². The van der Waals surface area contributed by atoms with Gasteiger partial charge in [0.25, 0.3) is 5.91 Å². The topological polar surface area (TPSA) is 32.3 Å². The van der Waals surface area contributed by atoms with E-state index >= 15 is 0 Å². The average molecular weight is 296 g/mol. The van der Waals surface area contributed by atoms with Crippen LogP contribution in [-0.2, 0) is 0 Å². The maximum absolute atomic E-state index is 13.4. The summed E-state index contributed by atoms with van der Waals surface area (Å²) in [4.78, 5) is 14.2. The normalized spacial score (nSPS) is 19.5. The third-order valence-corrected chi connectivity index (χ3v) is 4.02. The van der Waals surface area contributed by atoms with Gasteiger partial charge in [-0.1, -0.05) is 6.42 Å². The molecule has 1 saturated heterocycles. The van der Waals surface area contributed by atoms with Crippen molar-refractivity contribution in [2.75, 3.05) is 19.6 Å². The highest BCUT2D eigenvalue weighted by atomic mass is 19.1. The van der Waals surface area contributed by atoms with E-state index in [1.54, 1.807) is 0 Å². The summed E-state index contributed by atoms with van der Waals surface area (Å²) in [5.41, 5.74) is -0.235. The molecule has 1 aromatic carbocycles. The third-order valence-electron chi connectivity index (χ3n) is 4.02. The van der Waals surface area contributed by atoms with Gasteiger partial charge in [-0.2, -0.15) is 0 Å². The Labute approximate surface area is 124 Å². The predicted octanol–water partition coefficient (Wildman–Crippen LogP) is 2.96. The second kappa shape index (κ2) is 7.50. The van der Waals surface area contributed by atoms with Gasteiger partial charge in [0.15, 0.2) is 0 Å². The lowest BCUT2D eigenvalue weighted by atomic mass is 10.0. The van der Waals surface area contributed by atoms with Gasteiger partial charge in [-0.05, 0) is 50.9 Å². The molecular formula is C16H22F2N2O. The summed E-state index contributed by atoms with van der Waals surface area (Å²) < 4.78 is 26.5. The van der Waals surface area contributed by atoms with Crippen molar-refractivity contribution < 1.29 is 13.6 Å². The van der Waals surface area contributed by atoms with E-state index in [2.05, 4.69) is 17.1 Å². The molecule has 5 heteroatoms. The summed E-state index contributed by atoms with van der Waals surface area (Å²) in [5.74, 6) is -1.86. The zero-order valence-corrected chi connectivity index (χ0v) is 12.4. The standard InChI is InChI=1S/C16H22F2N2O/c1-12-5-2-3-9-20(12)10-4-8-19-16(21)14-11-13(17)6-7-15(14)18/h6-7,11-12H,2-5,8-10H2,1H3,(H,19,21). The molecule has 21 heavy (non-hydrogen) atoms. The SMILES string of the molecule is CC1CCCCN1CCCNC(=O)c1cc(F)ccc1F. The highest BCUT2D eigenvalue weighted by Crippen LogP contribution is 2.16. The molecule has 1 aromatic rings. The fourth-order valence-corrected chi connectivity index (χ4v) is 2.74. The molecule has 0 radical (unpaired) electrons. The molecule has 1 amide bonds. The molecular weight excluding hydrogens is 274 g/mol. The van der Waals surface area contributed by atoms with E-state index in [4.69, 9.17) is 0 Å². The van der Waals surface area contributed by atoms with Gasteiger partial charge in [-0.3, -0.25) is 4.79 Å². The number of nitrogens with one attached hydrogen (secondary N) is 1. The van der Waals surface area contributed by atoms with Crippen LogP contribution >= 0.6 is 0 Å². The number of amides is 1. The number of rotatable bonds is 5. The minimum absolute atomic E-state index is 0.235. The molecule has 1 N–H and O–H groups in total. The van der Waals surface area contributed by atoms with Crippen LogP contribution in [0.15, 0.2) is 18.2 Å². The summed E-state index contributed by atoms with van der Waals surface area (Å²) in [6.07, 6.45) is 4.55. The van der Waals surface area contributed by atoms with Gasteiger partial charge in [0.1, 0.15) is 11.6 Å². The Bertz CT molecular complexity index is 493. The van der Waals surface area contributed by atoms with Gasteiger partial charge >= 0.3 is 0 Å². The van der Waals surface area contributed by atoms with Crippen molar-refractivity contribution in [1.29, 1.82) is 0 Å². The second-order valence-electron chi connectivity index (χ2n) is 5.61. The average Bonchev–Trinajstić information content (AvgIpc) is 2.47. The molecule has 0 bridgehead atoms. The number of likely N-dealkylation sites (tertiary alicyclic amines) is 1. The molecule has 1 unspecified atom stereocenters. The minimum Gasteiger partial charge on any atom is -0.352 e. The summed E-state index contributed by atoms with van der Waals surface area (Å²) in [5, 5.41) is 2.65. The van der Waals surface area contributed by atoms with Crippen molar-refractivity contribution in [3.63, 3.8) is 0 Å². The molecule has 0 spiro atoms. The summed E-state index contributed by atoms with van der Waals surface area (Å²) in [6.45, 7) is 4.72. The van der Waals surface area contributed by atoms with Crippen LogP contribution in [0.3, 0.4) is 0 Å². The van der Waals surface area contributed by atoms with Gasteiger partial charge in [0.2, 0.25) is 0 Å². The Balaban J connectivity index is 1.75. The Morgan fingerprint density at radius 1 is 1.38 bits per heavy atom. The maximum Gasteiger partial charge on any atom is 0.254 e. The van der Waals surface area contributed by atoms with Crippen LogP contribution in [-0.4, -0.2) is 36.5 Å². The van der Waals surface area contributed by atoms with Gasteiger partial charge < -0.3 is 10.2 Å². The van der Waals surface area contributed by atoms with E-state index < -0.39 is 17.5 Å². The van der Waals surface area contributed by atoms with Crippen LogP contribution in [0.25, 0.3) is 0 Å². The van der Waals surface area contributed by atoms with E-state index in [9.17, 15) is 13.6 Å². The first-order valence-corrected chi connectivity index (χ1v) is 7.55. The number of carbonyl (C=O) groups excluding carboxylic acids is 1. The number of benzene rings is 1. The molecule has 2 rings (SSSR count). The first kappa shape index (κ1) is 15.9. The molecule has 1 heterocycles. The third kappa shape index (κ3) is 4.49. The largest absolute Gasteiger partial charge is 0.352 e. The predicted molar refractivity (Wildman–Crippen MR) is 78.2 cm³/mol. The maximum atomic E-state index is 13.4. The molecule has 116 valence electrons. The Hall–Kier alpha value is -1.49. The monoisotopic (exact) mass is 296 g/mol. The Morgan fingerprint density at radius 3 is 2.95 bits per heavy atom. The van der Waals surface area contributed by atoms with Crippen molar-refractivity contribution in [3.8, 4) is 0 Å². The highest BCUT2D eigenvalue weighted by molar-refractivity contribution is 5.94. The van der Waals surface area contributed by atoms with Crippen molar-refractivity contribution in [2.45, 2.75) is 38.6 Å². The summed E-state index contributed by atoms with van der Waals surface area (Å²) >= 11 is 0. The number of halogens is 2. The first-order valence-electron chi connectivity index (χ1n) is 7.55. The minimum atomic E-state index is -0.696. The lowest BCUT2D eigenvalue weighted by molar-refractivity contribution is 0.0944. The van der Waals surface area contributed by atoms with E-state index in [-0.39, 0.29) is 5.56 Å². The Kier molecular flexibility index (Phi) is 5.67. The van der Waals surface area contributed by atoms with Crippen LogP contribution in [0, 0.1) is 11.6 Å². The van der Waals surface area contributed by atoms with Crippen LogP contribution in [0.1, 0.15) is 43.0 Å². The summed E-state index contributed by atoms with van der Waals surface area (Å²) in [6, 6.07) is 3.50. The lowest BCUT2D eigenvalue weighted by Crippen LogP contribution is -2.39. The van der Waals surface area contributed by atoms with Crippen LogP contribution in [0.2, 0.25) is 0 Å². The number of nitrogens with zero attached hydrogens (tertiary/aromatic N) is 1. The molecule has 1 aliphatic heterocycles. The van der Waals surface area contributed by atoms with Crippen LogP contribution in [0.5, 0.6) is 0 Å². The fraction of sp³-hybridized carbons (Fsp3) is 0.562.